The largest absolute Gasteiger partial charge is 0.282 e. The van der Waals surface area contributed by atoms with Crippen molar-refractivity contribution in [3.05, 3.63) is 12.4 Å². The van der Waals surface area contributed by atoms with Gasteiger partial charge in [-0.25, -0.2) is 9.97 Å². The van der Waals surface area contributed by atoms with Gasteiger partial charge in [-0.05, 0) is 6.26 Å². The van der Waals surface area contributed by atoms with Crippen LogP contribution in [0, 0.1) is 0 Å². The molecule has 1 amide bonds. The summed E-state index contributed by atoms with van der Waals surface area (Å²) in [6.45, 7) is 1.42. The third kappa shape index (κ3) is 3.29. The van der Waals surface area contributed by atoms with Gasteiger partial charge in [0.15, 0.2) is 0 Å². The maximum atomic E-state index is 10.5. The Labute approximate surface area is 80.3 Å². The van der Waals surface area contributed by atoms with Crippen LogP contribution in [0.5, 0.6) is 0 Å². The van der Waals surface area contributed by atoms with Crippen LogP contribution in [-0.4, -0.2) is 22.1 Å². The minimum atomic E-state index is -0.163. The van der Waals surface area contributed by atoms with Crippen molar-refractivity contribution in [1.82, 2.24) is 15.4 Å². The Morgan fingerprint density at radius 2 is 2.31 bits per heavy atom. The van der Waals surface area contributed by atoms with E-state index in [1.807, 2.05) is 6.26 Å². The molecule has 1 aromatic heterocycles. The number of hydrazine groups is 1. The molecule has 6 heteroatoms. The second-order valence-electron chi connectivity index (χ2n) is 2.25. The molecule has 2 N–H and O–H groups in total. The van der Waals surface area contributed by atoms with Gasteiger partial charge < -0.3 is 0 Å². The van der Waals surface area contributed by atoms with Crippen LogP contribution in [0.3, 0.4) is 0 Å². The molecule has 1 aromatic rings. The van der Waals surface area contributed by atoms with Crippen molar-refractivity contribution < 1.29 is 4.79 Å². The molecule has 0 aliphatic carbocycles. The zero-order valence-corrected chi connectivity index (χ0v) is 8.18. The molecule has 0 aliphatic rings. The van der Waals surface area contributed by atoms with Crippen LogP contribution in [0.15, 0.2) is 17.4 Å². The smallest absolute Gasteiger partial charge is 0.235 e. The standard InChI is InChI=1S/C7H10N4OS/c1-5(12)10-11-6-3-7(13-2)9-4-8-6/h3-4H,1-2H3,(H,10,12)(H,8,9,11). The highest BCUT2D eigenvalue weighted by molar-refractivity contribution is 7.98. The van der Waals surface area contributed by atoms with Gasteiger partial charge in [0.2, 0.25) is 5.91 Å². The Kier molecular flexibility index (Phi) is 3.51. The second-order valence-corrected chi connectivity index (χ2v) is 3.08. The lowest BCUT2D eigenvalue weighted by Crippen LogP contribution is -2.27. The van der Waals surface area contributed by atoms with Gasteiger partial charge in [0, 0.05) is 13.0 Å². The monoisotopic (exact) mass is 198 g/mol. The molecule has 0 bridgehead atoms. The molecule has 0 spiro atoms. The summed E-state index contributed by atoms with van der Waals surface area (Å²) in [5, 5.41) is 0.850. The fourth-order valence-corrected chi connectivity index (χ4v) is 1.05. The number of nitrogens with zero attached hydrogens (tertiary/aromatic N) is 2. The number of carbonyl (C=O) groups is 1. The van der Waals surface area contributed by atoms with Crippen molar-refractivity contribution in [2.75, 3.05) is 11.7 Å². The Hall–Kier alpha value is -1.30. The van der Waals surface area contributed by atoms with Crippen LogP contribution >= 0.6 is 11.8 Å². The van der Waals surface area contributed by atoms with Gasteiger partial charge in [0.05, 0.1) is 0 Å². The van der Waals surface area contributed by atoms with E-state index in [1.54, 1.807) is 6.07 Å². The van der Waals surface area contributed by atoms with E-state index in [0.29, 0.717) is 5.82 Å². The second kappa shape index (κ2) is 4.66. The summed E-state index contributed by atoms with van der Waals surface area (Å²) in [7, 11) is 0. The van der Waals surface area contributed by atoms with Crippen molar-refractivity contribution in [2.24, 2.45) is 0 Å². The summed E-state index contributed by atoms with van der Waals surface area (Å²) in [5.41, 5.74) is 5.08. The van der Waals surface area contributed by atoms with Crippen molar-refractivity contribution in [3.8, 4) is 0 Å². The molecule has 0 unspecified atom stereocenters. The fourth-order valence-electron chi connectivity index (χ4n) is 0.672. The van der Waals surface area contributed by atoms with E-state index in [4.69, 9.17) is 0 Å². The van der Waals surface area contributed by atoms with E-state index < -0.39 is 0 Å². The highest BCUT2D eigenvalue weighted by Gasteiger charge is 1.96. The van der Waals surface area contributed by atoms with E-state index in [9.17, 15) is 4.79 Å². The van der Waals surface area contributed by atoms with E-state index >= 15 is 0 Å². The zero-order valence-electron chi connectivity index (χ0n) is 7.37. The number of carbonyl (C=O) groups excluding carboxylic acids is 1. The van der Waals surface area contributed by atoms with Gasteiger partial charge >= 0.3 is 0 Å². The number of hydrogen-bond acceptors (Lipinski definition) is 5. The molecular weight excluding hydrogens is 188 g/mol. The van der Waals surface area contributed by atoms with E-state index in [2.05, 4.69) is 20.8 Å². The number of aromatic nitrogens is 2. The molecule has 5 nitrogen and oxygen atoms in total. The molecule has 0 atom stereocenters. The summed E-state index contributed by atoms with van der Waals surface area (Å²) in [5.74, 6) is 0.416. The minimum absolute atomic E-state index is 0.163. The Balaban J connectivity index is 2.61. The third-order valence-corrected chi connectivity index (χ3v) is 1.86. The molecule has 0 aliphatic heterocycles. The van der Waals surface area contributed by atoms with Crippen LogP contribution in [0.1, 0.15) is 6.92 Å². The van der Waals surface area contributed by atoms with Crippen LogP contribution in [0.4, 0.5) is 5.82 Å². The maximum absolute atomic E-state index is 10.5. The highest BCUT2D eigenvalue weighted by atomic mass is 32.2. The summed E-state index contributed by atoms with van der Waals surface area (Å²) >= 11 is 1.51. The Morgan fingerprint density at radius 3 is 2.92 bits per heavy atom. The summed E-state index contributed by atoms with van der Waals surface area (Å²) in [6.07, 6.45) is 3.36. The summed E-state index contributed by atoms with van der Waals surface area (Å²) in [6, 6.07) is 1.75. The van der Waals surface area contributed by atoms with Gasteiger partial charge in [-0.2, -0.15) is 0 Å². The van der Waals surface area contributed by atoms with Crippen LogP contribution < -0.4 is 10.9 Å². The number of rotatable bonds is 3. The Morgan fingerprint density at radius 1 is 1.54 bits per heavy atom. The third-order valence-electron chi connectivity index (χ3n) is 1.22. The van der Waals surface area contributed by atoms with Crippen LogP contribution in [0.25, 0.3) is 0 Å². The number of nitrogens with one attached hydrogen (secondary N) is 2. The van der Waals surface area contributed by atoms with E-state index in [1.165, 1.54) is 25.0 Å². The number of amides is 1. The first-order chi connectivity index (χ1) is 6.22. The van der Waals surface area contributed by atoms with Gasteiger partial charge in [-0.1, -0.05) is 0 Å². The van der Waals surface area contributed by atoms with Crippen molar-refractivity contribution in [1.29, 1.82) is 0 Å². The van der Waals surface area contributed by atoms with Gasteiger partial charge in [-0.15, -0.1) is 11.8 Å². The molecule has 0 saturated heterocycles. The van der Waals surface area contributed by atoms with E-state index in [0.717, 1.165) is 5.03 Å². The van der Waals surface area contributed by atoms with Gasteiger partial charge in [0.25, 0.3) is 0 Å². The van der Waals surface area contributed by atoms with Crippen molar-refractivity contribution >= 4 is 23.5 Å². The number of anilines is 1. The molecule has 13 heavy (non-hydrogen) atoms. The number of hydrogen-bond donors (Lipinski definition) is 2. The molecular formula is C7H10N4OS. The number of thioether (sulfide) groups is 1. The maximum Gasteiger partial charge on any atom is 0.235 e. The highest BCUT2D eigenvalue weighted by Crippen LogP contribution is 2.12. The van der Waals surface area contributed by atoms with E-state index in [-0.39, 0.29) is 5.91 Å². The molecule has 0 saturated carbocycles. The average molecular weight is 198 g/mol. The lowest BCUT2D eigenvalue weighted by molar-refractivity contribution is -0.118. The first-order valence-corrected chi connectivity index (χ1v) is 4.83. The molecule has 1 heterocycles. The van der Waals surface area contributed by atoms with Crippen molar-refractivity contribution in [3.63, 3.8) is 0 Å². The quantitative estimate of drug-likeness (QED) is 0.424. The predicted molar refractivity (Wildman–Crippen MR) is 51.3 cm³/mol. The molecule has 0 fully saturated rings. The topological polar surface area (TPSA) is 66.9 Å². The summed E-state index contributed by atoms with van der Waals surface area (Å²) < 4.78 is 0. The van der Waals surface area contributed by atoms with Gasteiger partial charge in [0.1, 0.15) is 17.2 Å². The average Bonchev–Trinajstić information content (AvgIpc) is 2.15. The molecule has 0 aromatic carbocycles. The zero-order chi connectivity index (χ0) is 9.68. The lowest BCUT2D eigenvalue weighted by atomic mass is 10.6. The van der Waals surface area contributed by atoms with Crippen LogP contribution in [-0.2, 0) is 4.79 Å². The minimum Gasteiger partial charge on any atom is -0.282 e. The van der Waals surface area contributed by atoms with Crippen molar-refractivity contribution in [2.45, 2.75) is 11.9 Å². The molecule has 1 rings (SSSR count). The molecule has 70 valence electrons. The summed E-state index contributed by atoms with van der Waals surface area (Å²) in [4.78, 5) is 18.4. The first-order valence-electron chi connectivity index (χ1n) is 3.61. The van der Waals surface area contributed by atoms with Gasteiger partial charge in [-0.3, -0.25) is 15.6 Å². The SMILES string of the molecule is CSc1cc(NNC(C)=O)ncn1. The fraction of sp³-hybridized carbons (Fsp3) is 0.286. The normalized spacial score (nSPS) is 9.38. The predicted octanol–water partition coefficient (Wildman–Crippen LogP) is 0.661. The lowest BCUT2D eigenvalue weighted by Gasteiger charge is -2.04. The Bertz CT molecular complexity index is 304. The molecule has 0 radical (unpaired) electrons. The van der Waals surface area contributed by atoms with Crippen LogP contribution in [0.2, 0.25) is 0 Å². The first kappa shape index (κ1) is 9.79.